The average molecular weight is 884 g/mol. The summed E-state index contributed by atoms with van der Waals surface area (Å²) in [6.07, 6.45) is 7.66. The summed E-state index contributed by atoms with van der Waals surface area (Å²) in [4.78, 5) is 62.0. The van der Waals surface area contributed by atoms with E-state index < -0.39 is 65.9 Å². The van der Waals surface area contributed by atoms with Crippen LogP contribution in [0.4, 0.5) is 4.79 Å². The number of sulfonamides is 1. The van der Waals surface area contributed by atoms with Gasteiger partial charge >= 0.3 is 6.09 Å². The van der Waals surface area contributed by atoms with Crippen LogP contribution in [0.5, 0.6) is 5.75 Å². The molecule has 1 aliphatic carbocycles. The number of halogens is 2. The molecule has 0 bridgehead atoms. The van der Waals surface area contributed by atoms with E-state index in [1.807, 2.05) is 25.1 Å². The van der Waals surface area contributed by atoms with E-state index >= 15 is 0 Å². The Balaban J connectivity index is 1.36. The smallest absolute Gasteiger partial charge is 0.408 e. The lowest BCUT2D eigenvalue weighted by atomic mass is 9.87. The van der Waals surface area contributed by atoms with Crippen LogP contribution in [-0.2, 0) is 35.6 Å². The van der Waals surface area contributed by atoms with Gasteiger partial charge in [0.1, 0.15) is 23.4 Å². The zero-order valence-electron chi connectivity index (χ0n) is 30.4. The third-order valence-electron chi connectivity index (χ3n) is 10.7. The molecule has 16 heteroatoms. The van der Waals surface area contributed by atoms with E-state index in [2.05, 4.69) is 15.4 Å². The van der Waals surface area contributed by atoms with Gasteiger partial charge in [0.2, 0.25) is 21.8 Å². The number of amides is 4. The van der Waals surface area contributed by atoms with Gasteiger partial charge in [-0.05, 0) is 113 Å². The van der Waals surface area contributed by atoms with Crippen molar-refractivity contribution in [2.45, 2.75) is 130 Å². The first-order valence-corrected chi connectivity index (χ1v) is 21.2. The number of hydrogen-bond acceptors (Lipinski definition) is 9. The molecule has 2 aromatic rings. The highest BCUT2D eigenvalue weighted by Crippen LogP contribution is 2.46. The molecular formula is C37H47ClIN5O8S. The summed E-state index contributed by atoms with van der Waals surface area (Å²) < 4.78 is 37.9. The summed E-state index contributed by atoms with van der Waals surface area (Å²) >= 11 is 8.17. The molecule has 1 saturated heterocycles. The monoisotopic (exact) mass is 883 g/mol. The summed E-state index contributed by atoms with van der Waals surface area (Å²) in [5.41, 5.74) is 1.38. The van der Waals surface area contributed by atoms with Crippen molar-refractivity contribution in [3.8, 4) is 5.75 Å². The van der Waals surface area contributed by atoms with Crippen LogP contribution in [0.15, 0.2) is 30.4 Å². The largest absolute Gasteiger partial charge is 0.483 e. The van der Waals surface area contributed by atoms with Gasteiger partial charge in [0, 0.05) is 28.8 Å². The molecule has 1 aromatic heterocycles. The van der Waals surface area contributed by atoms with Crippen LogP contribution >= 0.6 is 34.2 Å². The second-order valence-corrected chi connectivity index (χ2v) is 19.8. The van der Waals surface area contributed by atoms with Gasteiger partial charge < -0.3 is 25.0 Å². The molecule has 4 aliphatic rings. The van der Waals surface area contributed by atoms with Gasteiger partial charge in [-0.3, -0.25) is 14.4 Å². The first-order chi connectivity index (χ1) is 24.9. The van der Waals surface area contributed by atoms with Crippen molar-refractivity contribution >= 4 is 78.9 Å². The quantitative estimate of drug-likeness (QED) is 0.151. The van der Waals surface area contributed by atoms with Gasteiger partial charge in [0.25, 0.3) is 5.91 Å². The Morgan fingerprint density at radius 2 is 1.91 bits per heavy atom. The molecule has 3 aliphatic heterocycles. The number of hydrogen-bond donors (Lipinski definition) is 3. The van der Waals surface area contributed by atoms with E-state index in [9.17, 15) is 27.6 Å². The lowest BCUT2D eigenvalue weighted by Gasteiger charge is -2.36. The van der Waals surface area contributed by atoms with Gasteiger partial charge in [0.15, 0.2) is 3.55 Å². The summed E-state index contributed by atoms with van der Waals surface area (Å²) in [7, 11) is -4.01. The molecule has 288 valence electrons. The number of alkyl carbamates (subject to hydrolysis) is 1. The highest BCUT2D eigenvalue weighted by molar-refractivity contribution is 14.1. The van der Waals surface area contributed by atoms with E-state index in [0.29, 0.717) is 61.4 Å². The SMILES string of the molecule is Cc1nc2ccc(Cl)cc2c2c1O[C@]1(CC2)C[C@H]2C(=O)N[C@@](I)(C(=O)NS(=O)(=O)C3(C)CC3)C/C=C\CCCCC[C@H](NC(=O)OC(C)C)C(=O)N2C1. The molecule has 6 rings (SSSR count). The highest BCUT2D eigenvalue weighted by Gasteiger charge is 2.56. The number of carbonyl (C=O) groups excluding carboxylic acids is 4. The Labute approximate surface area is 328 Å². The first-order valence-electron chi connectivity index (χ1n) is 18.2. The molecule has 4 amide bonds. The van der Waals surface area contributed by atoms with Crippen molar-refractivity contribution in [1.82, 2.24) is 25.2 Å². The molecule has 2 fully saturated rings. The van der Waals surface area contributed by atoms with Crippen molar-refractivity contribution in [1.29, 1.82) is 0 Å². The van der Waals surface area contributed by atoms with Crippen LogP contribution in [0.1, 0.15) is 96.2 Å². The fourth-order valence-electron chi connectivity index (χ4n) is 7.34. The Morgan fingerprint density at radius 3 is 2.62 bits per heavy atom. The Kier molecular flexibility index (Phi) is 11.3. The topological polar surface area (TPSA) is 173 Å². The maximum absolute atomic E-state index is 14.6. The minimum absolute atomic E-state index is 0.0127. The summed E-state index contributed by atoms with van der Waals surface area (Å²) in [6.45, 7) is 6.89. The Hall–Kier alpha value is -3.18. The van der Waals surface area contributed by atoms with E-state index in [4.69, 9.17) is 26.1 Å². The minimum Gasteiger partial charge on any atom is -0.483 e. The molecule has 4 atom stereocenters. The maximum Gasteiger partial charge on any atom is 0.408 e. The molecule has 4 heterocycles. The lowest BCUT2D eigenvalue weighted by molar-refractivity contribution is -0.141. The van der Waals surface area contributed by atoms with E-state index in [0.717, 1.165) is 29.3 Å². The number of aryl methyl sites for hydroxylation is 2. The van der Waals surface area contributed by atoms with Crippen molar-refractivity contribution in [3.63, 3.8) is 0 Å². The molecule has 0 unspecified atom stereocenters. The predicted molar refractivity (Wildman–Crippen MR) is 208 cm³/mol. The number of alkyl halides is 1. The standard InChI is InChI=1S/C37H47ClIN5O8S/c1-22(2)51-34(48)41-28-11-9-7-5-6-8-10-15-37(39,33(47)43-53(49,50)35(4)17-18-35)42-31(45)29-20-36(21-44(29)32(28)46)16-14-25-26-19-24(38)12-13-27(26)40-23(3)30(25)52-36/h8,10,12-13,19,22,28-29H,5-7,9,11,14-18,20-21H2,1-4H3,(H,41,48)(H,42,45)(H,43,47)/b10-8-/t28-,29-,36+,37+/m0/s1. The molecule has 0 radical (unpaired) electrons. The zero-order chi connectivity index (χ0) is 38.3. The number of aromatic nitrogens is 1. The third-order valence-corrected chi connectivity index (χ3v) is 14.3. The number of nitrogens with one attached hydrogen (secondary N) is 3. The van der Waals surface area contributed by atoms with Gasteiger partial charge in [-0.1, -0.05) is 36.6 Å². The molecular weight excluding hydrogens is 837 g/mol. The second-order valence-electron chi connectivity index (χ2n) is 15.3. The fourth-order valence-corrected chi connectivity index (χ4v) is 9.66. The highest BCUT2D eigenvalue weighted by atomic mass is 127. The summed E-state index contributed by atoms with van der Waals surface area (Å²) in [5, 5.41) is 7.02. The zero-order valence-corrected chi connectivity index (χ0v) is 34.2. The van der Waals surface area contributed by atoms with Crippen molar-refractivity contribution in [2.24, 2.45) is 0 Å². The van der Waals surface area contributed by atoms with Crippen LogP contribution < -0.4 is 20.1 Å². The lowest BCUT2D eigenvalue weighted by Crippen LogP contribution is -2.60. The van der Waals surface area contributed by atoms with E-state index in [-0.39, 0.29) is 19.4 Å². The number of ether oxygens (including phenoxy) is 2. The van der Waals surface area contributed by atoms with Gasteiger partial charge in [-0.15, -0.1) is 0 Å². The van der Waals surface area contributed by atoms with Crippen LogP contribution in [0.2, 0.25) is 5.02 Å². The van der Waals surface area contributed by atoms with Gasteiger partial charge in [0.05, 0.1) is 28.6 Å². The number of benzene rings is 1. The van der Waals surface area contributed by atoms with Crippen LogP contribution in [0, 0.1) is 6.92 Å². The number of allylic oxidation sites excluding steroid dienone is 1. The van der Waals surface area contributed by atoms with Crippen molar-refractivity contribution in [2.75, 3.05) is 6.54 Å². The normalized spacial score (nSPS) is 28.2. The third kappa shape index (κ3) is 8.41. The number of carbonyl (C=O) groups is 4. The number of rotatable bonds is 5. The second kappa shape index (κ2) is 15.2. The first kappa shape index (κ1) is 39.5. The number of fused-ring (bicyclic) bond motifs is 4. The molecule has 53 heavy (non-hydrogen) atoms. The average Bonchev–Trinajstić information content (AvgIpc) is 3.75. The minimum atomic E-state index is -4.01. The summed E-state index contributed by atoms with van der Waals surface area (Å²) in [6, 6.07) is 3.39. The Bertz CT molecular complexity index is 1960. The number of pyridine rings is 1. The molecule has 1 saturated carbocycles. The Morgan fingerprint density at radius 1 is 1.15 bits per heavy atom. The molecule has 3 N–H and O–H groups in total. The predicted octanol–water partition coefficient (Wildman–Crippen LogP) is 5.52. The van der Waals surface area contributed by atoms with Crippen LogP contribution in [0.25, 0.3) is 10.9 Å². The van der Waals surface area contributed by atoms with Crippen LogP contribution in [0.3, 0.4) is 0 Å². The molecule has 13 nitrogen and oxygen atoms in total. The van der Waals surface area contributed by atoms with Gasteiger partial charge in [-0.2, -0.15) is 0 Å². The van der Waals surface area contributed by atoms with E-state index in [1.54, 1.807) is 55.5 Å². The van der Waals surface area contributed by atoms with Crippen LogP contribution in [-0.4, -0.2) is 80.7 Å². The van der Waals surface area contributed by atoms with E-state index in [1.165, 1.54) is 4.90 Å². The molecule has 1 aromatic carbocycles. The van der Waals surface area contributed by atoms with Crippen molar-refractivity contribution in [3.05, 3.63) is 46.6 Å². The summed E-state index contributed by atoms with van der Waals surface area (Å²) in [5.74, 6) is -1.41. The van der Waals surface area contributed by atoms with Gasteiger partial charge in [-0.25, -0.2) is 22.9 Å². The number of nitrogens with zero attached hydrogens (tertiary/aromatic N) is 2. The van der Waals surface area contributed by atoms with Crippen molar-refractivity contribution < 1.29 is 37.1 Å². The molecule has 1 spiro atoms. The maximum atomic E-state index is 14.6. The fraction of sp³-hybridized carbons (Fsp3) is 0.595.